The van der Waals surface area contributed by atoms with Gasteiger partial charge in [-0.25, -0.2) is 13.8 Å². The summed E-state index contributed by atoms with van der Waals surface area (Å²) in [4.78, 5) is 38.7. The van der Waals surface area contributed by atoms with E-state index in [2.05, 4.69) is 10.1 Å². The van der Waals surface area contributed by atoms with Gasteiger partial charge in [0, 0.05) is 11.6 Å². The molecule has 0 amide bonds. The number of fused-ring (bicyclic) bond motifs is 1. The molecule has 6 atom stereocenters. The quantitative estimate of drug-likeness (QED) is 0.162. The number of alkyl halides is 1. The average molecular weight is 705 g/mol. The summed E-state index contributed by atoms with van der Waals surface area (Å²) in [6, 6.07) is 11.1. The molecule has 15 heteroatoms. The van der Waals surface area contributed by atoms with Gasteiger partial charge in [-0.15, -0.1) is 0 Å². The number of hydrogen-bond donors (Lipinski definition) is 3. The fourth-order valence-electron chi connectivity index (χ4n) is 4.28. The maximum Gasteiger partial charge on any atom is 0.459 e. The number of H-pyrrole nitrogens is 1. The van der Waals surface area contributed by atoms with Gasteiger partial charge in [0.25, 0.3) is 5.56 Å². The molecule has 0 saturated carbocycles. The van der Waals surface area contributed by atoms with E-state index in [0.29, 0.717) is 5.39 Å². The number of carbonyl (C=O) groups excluding carboxylic acids is 1. The van der Waals surface area contributed by atoms with Crippen molar-refractivity contribution in [1.82, 2.24) is 14.6 Å². The van der Waals surface area contributed by atoms with Crippen molar-refractivity contribution < 1.29 is 37.4 Å². The van der Waals surface area contributed by atoms with Crippen LogP contribution in [0.25, 0.3) is 10.8 Å². The largest absolute Gasteiger partial charge is 0.462 e. The predicted molar refractivity (Wildman–Crippen MR) is 155 cm³/mol. The number of nitrogens with one attached hydrogen (secondary N) is 2. The minimum Gasteiger partial charge on any atom is -0.462 e. The Bertz CT molecular complexity index is 1590. The summed E-state index contributed by atoms with van der Waals surface area (Å²) in [5, 5.41) is 14.7. The number of ether oxygens (including phenoxy) is 2. The highest BCUT2D eigenvalue weighted by atomic mass is 127. The zero-order chi connectivity index (χ0) is 30.1. The maximum atomic E-state index is 15.7. The summed E-state index contributed by atoms with van der Waals surface area (Å²) in [5.74, 6) is -0.537. The number of halogens is 2. The normalized spacial score (nSPS) is 24.7. The van der Waals surface area contributed by atoms with Crippen LogP contribution in [0.15, 0.2) is 58.3 Å². The zero-order valence-corrected chi connectivity index (χ0v) is 25.6. The number of hydrogen-bond acceptors (Lipinski definition) is 9. The Balaban J connectivity index is 1.61. The predicted octanol–water partition coefficient (Wildman–Crippen LogP) is 3.41. The number of aliphatic hydroxyl groups is 1. The van der Waals surface area contributed by atoms with Crippen LogP contribution in [0.5, 0.6) is 5.75 Å². The van der Waals surface area contributed by atoms with Crippen molar-refractivity contribution in [2.45, 2.75) is 63.9 Å². The van der Waals surface area contributed by atoms with Crippen LogP contribution in [0, 0.1) is 3.57 Å². The summed E-state index contributed by atoms with van der Waals surface area (Å²) in [7, 11) is -4.42. The molecule has 2 unspecified atom stereocenters. The number of nitrogens with zero attached hydrogens (tertiary/aromatic N) is 1. The summed E-state index contributed by atoms with van der Waals surface area (Å²) < 4.78 is 53.0. The number of aromatic nitrogens is 2. The maximum absolute atomic E-state index is 15.7. The second-order valence-corrected chi connectivity index (χ2v) is 12.8. The van der Waals surface area contributed by atoms with Gasteiger partial charge in [0.05, 0.1) is 16.3 Å². The van der Waals surface area contributed by atoms with Crippen LogP contribution in [0.4, 0.5) is 4.39 Å². The van der Waals surface area contributed by atoms with Crippen molar-refractivity contribution in [3.05, 3.63) is 73.1 Å². The lowest BCUT2D eigenvalue weighted by molar-refractivity contribution is -0.149. The van der Waals surface area contributed by atoms with Crippen molar-refractivity contribution in [2.24, 2.45) is 0 Å². The molecular weight excluding hydrogens is 675 g/mol. The summed E-state index contributed by atoms with van der Waals surface area (Å²) in [5.41, 5.74) is -4.11. The van der Waals surface area contributed by atoms with Gasteiger partial charge < -0.3 is 19.1 Å². The average Bonchev–Trinajstić information content (AvgIpc) is 3.13. The van der Waals surface area contributed by atoms with Crippen LogP contribution >= 0.6 is 30.3 Å². The van der Waals surface area contributed by atoms with Gasteiger partial charge in [-0.1, -0.05) is 36.4 Å². The van der Waals surface area contributed by atoms with Crippen LogP contribution in [0.3, 0.4) is 0 Å². The third-order valence-electron chi connectivity index (χ3n) is 6.33. The topological polar surface area (TPSA) is 158 Å². The molecule has 0 aliphatic carbocycles. The van der Waals surface area contributed by atoms with E-state index < -0.39 is 67.8 Å². The van der Waals surface area contributed by atoms with E-state index in [1.165, 1.54) is 6.92 Å². The molecule has 12 nitrogen and oxygen atoms in total. The molecule has 2 heterocycles. The van der Waals surface area contributed by atoms with Gasteiger partial charge in [0.2, 0.25) is 0 Å². The van der Waals surface area contributed by atoms with Crippen molar-refractivity contribution in [1.29, 1.82) is 0 Å². The van der Waals surface area contributed by atoms with Crippen LogP contribution in [-0.2, 0) is 23.4 Å². The van der Waals surface area contributed by atoms with Crippen LogP contribution in [0.2, 0.25) is 0 Å². The highest BCUT2D eigenvalue weighted by Gasteiger charge is 2.56. The summed E-state index contributed by atoms with van der Waals surface area (Å²) in [6.07, 6.45) is -4.23. The van der Waals surface area contributed by atoms with E-state index in [4.69, 9.17) is 18.5 Å². The minimum atomic E-state index is -4.42. The Kier molecular flexibility index (Phi) is 9.41. The van der Waals surface area contributed by atoms with Gasteiger partial charge in [-0.2, -0.15) is 5.09 Å². The summed E-state index contributed by atoms with van der Waals surface area (Å²) >= 11 is 1.67. The SMILES string of the molecule is CC(C)OC(=O)[C@@H](C)NP(=O)(OC[C@H]1OC(n2cc(I)c(=O)[nH]c2=O)[C@](C)(F)[C@@H]1O)Oc1cccc2ccccc12. The first-order valence-corrected chi connectivity index (χ1v) is 15.3. The molecule has 4 rings (SSSR count). The number of aliphatic hydroxyl groups excluding tert-OH is 1. The second kappa shape index (κ2) is 12.3. The Labute approximate surface area is 247 Å². The van der Waals surface area contributed by atoms with E-state index in [1.54, 1.807) is 60.7 Å². The molecule has 1 aromatic heterocycles. The first-order chi connectivity index (χ1) is 19.2. The Morgan fingerprint density at radius 3 is 2.63 bits per heavy atom. The molecule has 222 valence electrons. The highest BCUT2D eigenvalue weighted by Crippen LogP contribution is 2.48. The number of carbonyl (C=O) groups is 1. The molecule has 2 aromatic carbocycles. The summed E-state index contributed by atoms with van der Waals surface area (Å²) in [6.45, 7) is 5.10. The fourth-order valence-corrected chi connectivity index (χ4v) is 6.23. The molecule has 0 radical (unpaired) electrons. The smallest absolute Gasteiger partial charge is 0.459 e. The van der Waals surface area contributed by atoms with E-state index >= 15 is 4.39 Å². The first kappa shape index (κ1) is 31.3. The lowest BCUT2D eigenvalue weighted by atomic mass is 9.98. The Hall–Kier alpha value is -2.62. The van der Waals surface area contributed by atoms with Crippen molar-refractivity contribution in [3.8, 4) is 5.75 Å². The molecule has 3 N–H and O–H groups in total. The van der Waals surface area contributed by atoms with Gasteiger partial charge in [-0.3, -0.25) is 23.7 Å². The lowest BCUT2D eigenvalue weighted by Crippen LogP contribution is -2.44. The molecule has 3 aromatic rings. The van der Waals surface area contributed by atoms with Crippen molar-refractivity contribution >= 4 is 47.1 Å². The number of benzene rings is 2. The van der Waals surface area contributed by atoms with Crippen molar-refractivity contribution in [2.75, 3.05) is 6.61 Å². The number of aromatic amines is 1. The van der Waals surface area contributed by atoms with E-state index in [1.807, 2.05) is 18.2 Å². The highest BCUT2D eigenvalue weighted by molar-refractivity contribution is 14.1. The number of rotatable bonds is 10. The second-order valence-electron chi connectivity index (χ2n) is 9.96. The molecule has 0 bridgehead atoms. The molecule has 1 aliphatic heterocycles. The van der Waals surface area contributed by atoms with E-state index in [9.17, 15) is 24.1 Å². The lowest BCUT2D eigenvalue weighted by Gasteiger charge is -2.26. The minimum absolute atomic E-state index is 0.0928. The zero-order valence-electron chi connectivity index (χ0n) is 22.6. The van der Waals surface area contributed by atoms with E-state index in [-0.39, 0.29) is 9.32 Å². The molecule has 1 fully saturated rings. The molecule has 0 spiro atoms. The molecule has 1 aliphatic rings. The molecule has 41 heavy (non-hydrogen) atoms. The number of esters is 1. The molecular formula is C26H30FIN3O9P. The fraction of sp³-hybridized carbons (Fsp3) is 0.423. The van der Waals surface area contributed by atoms with Crippen LogP contribution < -0.4 is 20.9 Å². The van der Waals surface area contributed by atoms with Crippen LogP contribution in [0.1, 0.15) is 33.9 Å². The van der Waals surface area contributed by atoms with Gasteiger partial charge in [-0.05, 0) is 61.7 Å². The third-order valence-corrected chi connectivity index (χ3v) is 8.73. The van der Waals surface area contributed by atoms with E-state index in [0.717, 1.165) is 23.1 Å². The molecule has 1 saturated heterocycles. The third kappa shape index (κ3) is 6.89. The van der Waals surface area contributed by atoms with Gasteiger partial charge >= 0.3 is 19.4 Å². The Morgan fingerprint density at radius 1 is 1.24 bits per heavy atom. The monoisotopic (exact) mass is 705 g/mol. The van der Waals surface area contributed by atoms with Crippen molar-refractivity contribution in [3.63, 3.8) is 0 Å². The first-order valence-electron chi connectivity index (χ1n) is 12.7. The van der Waals surface area contributed by atoms with Gasteiger partial charge in [0.15, 0.2) is 11.9 Å². The van der Waals surface area contributed by atoms with Crippen LogP contribution in [-0.4, -0.2) is 57.3 Å². The van der Waals surface area contributed by atoms with Gasteiger partial charge in [0.1, 0.15) is 24.0 Å². The standard InChI is InChI=1S/C26H30FIN3O9P/c1-14(2)38-23(34)15(3)30-41(36,40-19-11-7-9-16-8-5-6-10-17(16)19)37-13-20-21(32)26(4,27)24(39-20)31-12-18(28)22(33)29-25(31)35/h5-12,14-15,20-21,24,32H,13H2,1-4H3,(H,30,36)(H,29,33,35)/t15-,20-,21-,24?,26-,41?/m1/s1. The Morgan fingerprint density at radius 2 is 1.93 bits per heavy atom.